The highest BCUT2D eigenvalue weighted by Crippen LogP contribution is 2.37. The lowest BCUT2D eigenvalue weighted by Gasteiger charge is -2.09. The molecule has 156 valence electrons. The van der Waals surface area contributed by atoms with Gasteiger partial charge in [-0.25, -0.2) is 4.98 Å². The number of benzene rings is 2. The summed E-state index contributed by atoms with van der Waals surface area (Å²) in [6.45, 7) is 4.13. The lowest BCUT2D eigenvalue weighted by molar-refractivity contribution is 0.101. The van der Waals surface area contributed by atoms with Crippen LogP contribution >= 0.6 is 11.3 Å². The number of nitrogens with zero attached hydrogens (tertiary/aromatic N) is 2. The number of thiazole rings is 1. The number of hydrogen-bond donors (Lipinski definition) is 1. The van der Waals surface area contributed by atoms with Crippen molar-refractivity contribution in [3.05, 3.63) is 58.5 Å². The van der Waals surface area contributed by atoms with Crippen LogP contribution in [0.25, 0.3) is 16.8 Å². The van der Waals surface area contributed by atoms with E-state index in [1.165, 1.54) is 18.3 Å². The van der Waals surface area contributed by atoms with Crippen molar-refractivity contribution in [2.45, 2.75) is 13.8 Å². The number of rotatable bonds is 7. The Morgan fingerprint density at radius 1 is 1.29 bits per heavy atom. The number of Topliss-reactive ketones (excluding diaryl/α,β-unsaturated/α-hetero) is 1. The van der Waals surface area contributed by atoms with Crippen LogP contribution in [0.15, 0.2) is 48.0 Å². The first-order valence-electron chi connectivity index (χ1n) is 9.59. The fourth-order valence-electron chi connectivity index (χ4n) is 3.06. The van der Waals surface area contributed by atoms with Crippen LogP contribution < -0.4 is 19.5 Å². The molecular formula is C23H19N3O4S. The summed E-state index contributed by atoms with van der Waals surface area (Å²) >= 11 is 1.37. The SMILES string of the molecule is CCOc1ccc(-c2csc(/C(C#N)=C/Nc3cc4c(cc3C(C)=O)OCO4)n2)cc1. The molecule has 0 unspecified atom stereocenters. The maximum atomic E-state index is 12.0. The molecule has 1 aliphatic heterocycles. The molecule has 3 aromatic rings. The van der Waals surface area contributed by atoms with Crippen LogP contribution in [0.4, 0.5) is 5.69 Å². The quantitative estimate of drug-likeness (QED) is 0.408. The molecule has 0 spiro atoms. The Labute approximate surface area is 183 Å². The molecule has 0 saturated heterocycles. The van der Waals surface area contributed by atoms with Crippen molar-refractivity contribution in [2.24, 2.45) is 0 Å². The van der Waals surface area contributed by atoms with Crippen molar-refractivity contribution in [1.82, 2.24) is 4.98 Å². The summed E-state index contributed by atoms with van der Waals surface area (Å²) in [5.41, 5.74) is 3.05. The first kappa shape index (κ1) is 20.4. The molecule has 2 heterocycles. The molecule has 1 aromatic heterocycles. The molecule has 1 aliphatic rings. The number of nitriles is 1. The molecule has 0 atom stereocenters. The lowest BCUT2D eigenvalue weighted by Crippen LogP contribution is -2.00. The van der Waals surface area contributed by atoms with E-state index in [1.54, 1.807) is 18.3 Å². The largest absolute Gasteiger partial charge is 0.494 e. The van der Waals surface area contributed by atoms with E-state index >= 15 is 0 Å². The maximum absolute atomic E-state index is 12.0. The molecule has 2 aromatic carbocycles. The van der Waals surface area contributed by atoms with Crippen molar-refractivity contribution >= 4 is 28.4 Å². The minimum atomic E-state index is -0.125. The van der Waals surface area contributed by atoms with Gasteiger partial charge in [0.1, 0.15) is 22.4 Å². The molecule has 0 aliphatic carbocycles. The van der Waals surface area contributed by atoms with E-state index in [4.69, 9.17) is 14.2 Å². The smallest absolute Gasteiger partial charge is 0.231 e. The van der Waals surface area contributed by atoms with Gasteiger partial charge in [-0.05, 0) is 44.2 Å². The Morgan fingerprint density at radius 3 is 2.71 bits per heavy atom. The van der Waals surface area contributed by atoms with Crippen molar-refractivity contribution < 1.29 is 19.0 Å². The Bertz CT molecular complexity index is 1190. The fraction of sp³-hybridized carbons (Fsp3) is 0.174. The monoisotopic (exact) mass is 433 g/mol. The number of nitrogens with one attached hydrogen (secondary N) is 1. The van der Waals surface area contributed by atoms with E-state index in [1.807, 2.05) is 36.6 Å². The number of carbonyl (C=O) groups excluding carboxylic acids is 1. The first-order valence-corrected chi connectivity index (χ1v) is 10.5. The third kappa shape index (κ3) is 4.37. The number of allylic oxidation sites excluding steroid dienone is 1. The number of carbonyl (C=O) groups is 1. The van der Waals surface area contributed by atoms with E-state index in [-0.39, 0.29) is 12.6 Å². The molecule has 0 fully saturated rings. The van der Waals surface area contributed by atoms with Crippen LogP contribution in [-0.4, -0.2) is 24.2 Å². The van der Waals surface area contributed by atoms with Crippen LogP contribution in [0.1, 0.15) is 29.2 Å². The van der Waals surface area contributed by atoms with E-state index in [2.05, 4.69) is 16.4 Å². The predicted molar refractivity (Wildman–Crippen MR) is 119 cm³/mol. The van der Waals surface area contributed by atoms with Gasteiger partial charge >= 0.3 is 0 Å². The standard InChI is InChI=1S/C23H19N3O4S/c1-3-28-17-6-4-15(5-7-17)20-12-31-23(26-20)16(10-24)11-25-19-9-22-21(29-13-30-22)8-18(19)14(2)27/h4-9,11-12,25H,3,13H2,1-2H3/b16-11+. The van der Waals surface area contributed by atoms with Gasteiger partial charge in [0.15, 0.2) is 17.3 Å². The molecule has 8 heteroatoms. The molecule has 31 heavy (non-hydrogen) atoms. The molecule has 0 radical (unpaired) electrons. The minimum absolute atomic E-state index is 0.114. The van der Waals surface area contributed by atoms with E-state index in [9.17, 15) is 10.1 Å². The van der Waals surface area contributed by atoms with Crippen molar-refractivity contribution in [3.63, 3.8) is 0 Å². The second kappa shape index (κ2) is 8.90. The number of fused-ring (bicyclic) bond motifs is 1. The zero-order valence-corrected chi connectivity index (χ0v) is 17.8. The summed E-state index contributed by atoms with van der Waals surface area (Å²) in [5.74, 6) is 1.75. The molecule has 7 nitrogen and oxygen atoms in total. The highest BCUT2D eigenvalue weighted by molar-refractivity contribution is 7.11. The second-order valence-electron chi connectivity index (χ2n) is 6.62. The van der Waals surface area contributed by atoms with Gasteiger partial charge in [0.25, 0.3) is 0 Å². The van der Waals surface area contributed by atoms with Crippen molar-refractivity contribution in [1.29, 1.82) is 5.26 Å². The third-order valence-corrected chi connectivity index (χ3v) is 5.46. The number of anilines is 1. The maximum Gasteiger partial charge on any atom is 0.231 e. The van der Waals surface area contributed by atoms with Gasteiger partial charge < -0.3 is 19.5 Å². The third-order valence-electron chi connectivity index (χ3n) is 4.58. The van der Waals surface area contributed by atoms with Gasteiger partial charge in [0.2, 0.25) is 6.79 Å². The summed E-state index contributed by atoms with van der Waals surface area (Å²) in [6.07, 6.45) is 1.55. The summed E-state index contributed by atoms with van der Waals surface area (Å²) in [6, 6.07) is 13.2. The topological polar surface area (TPSA) is 93.5 Å². The fourth-order valence-corrected chi connectivity index (χ4v) is 3.86. The Kier molecular flexibility index (Phi) is 5.87. The molecule has 1 N–H and O–H groups in total. The molecule has 0 saturated carbocycles. The van der Waals surface area contributed by atoms with E-state index < -0.39 is 0 Å². The van der Waals surface area contributed by atoms with Gasteiger partial charge in [-0.2, -0.15) is 5.26 Å². The van der Waals surface area contributed by atoms with Gasteiger partial charge in [-0.15, -0.1) is 11.3 Å². The average molecular weight is 433 g/mol. The molecule has 0 amide bonds. The highest BCUT2D eigenvalue weighted by Gasteiger charge is 2.19. The van der Waals surface area contributed by atoms with Gasteiger partial charge in [-0.1, -0.05) is 0 Å². The zero-order chi connectivity index (χ0) is 21.8. The average Bonchev–Trinajstić information content (AvgIpc) is 3.44. The van der Waals surface area contributed by atoms with Gasteiger partial charge in [0.05, 0.1) is 18.0 Å². The van der Waals surface area contributed by atoms with Crippen LogP contribution in [0.5, 0.6) is 17.2 Å². The first-order chi connectivity index (χ1) is 15.1. The molecular weight excluding hydrogens is 414 g/mol. The number of hydrogen-bond acceptors (Lipinski definition) is 8. The van der Waals surface area contributed by atoms with Crippen molar-refractivity contribution in [2.75, 3.05) is 18.7 Å². The Hall–Kier alpha value is -3.83. The highest BCUT2D eigenvalue weighted by atomic mass is 32.1. The summed E-state index contributed by atoms with van der Waals surface area (Å²) in [7, 11) is 0. The normalized spacial score (nSPS) is 12.4. The minimum Gasteiger partial charge on any atom is -0.494 e. The van der Waals surface area contributed by atoms with Crippen molar-refractivity contribution in [3.8, 4) is 34.6 Å². The summed E-state index contributed by atoms with van der Waals surface area (Å²) in [4.78, 5) is 16.6. The summed E-state index contributed by atoms with van der Waals surface area (Å²) in [5, 5.41) is 15.2. The Morgan fingerprint density at radius 2 is 2.03 bits per heavy atom. The number of ether oxygens (including phenoxy) is 3. The van der Waals surface area contributed by atoms with E-state index in [0.29, 0.717) is 39.9 Å². The predicted octanol–water partition coefficient (Wildman–Crippen LogP) is 5.12. The second-order valence-corrected chi connectivity index (χ2v) is 7.47. The van der Waals surface area contributed by atoms with Crippen LogP contribution in [0.3, 0.4) is 0 Å². The van der Waals surface area contributed by atoms with Crippen LogP contribution in [0, 0.1) is 11.3 Å². The van der Waals surface area contributed by atoms with E-state index in [0.717, 1.165) is 17.0 Å². The van der Waals surface area contributed by atoms with Gasteiger partial charge in [-0.3, -0.25) is 4.79 Å². The summed E-state index contributed by atoms with van der Waals surface area (Å²) < 4.78 is 16.2. The zero-order valence-electron chi connectivity index (χ0n) is 17.0. The lowest BCUT2D eigenvalue weighted by atomic mass is 10.1. The van der Waals surface area contributed by atoms with Crippen LogP contribution in [-0.2, 0) is 0 Å². The number of aromatic nitrogens is 1. The Balaban J connectivity index is 1.58. The molecule has 0 bridgehead atoms. The molecule has 4 rings (SSSR count). The van der Waals surface area contributed by atoms with Gasteiger partial charge in [0, 0.05) is 28.8 Å². The number of ketones is 1. The van der Waals surface area contributed by atoms with Crippen LogP contribution in [0.2, 0.25) is 0 Å².